The summed E-state index contributed by atoms with van der Waals surface area (Å²) < 4.78 is 16.6. The van der Waals surface area contributed by atoms with Crippen molar-refractivity contribution in [2.45, 2.75) is 31.8 Å². The zero-order chi connectivity index (χ0) is 21.4. The summed E-state index contributed by atoms with van der Waals surface area (Å²) in [6, 6.07) is 8.50. The molecule has 2 aromatic rings. The van der Waals surface area contributed by atoms with Crippen LogP contribution in [0.5, 0.6) is 17.2 Å². The highest BCUT2D eigenvalue weighted by Crippen LogP contribution is 2.44. The van der Waals surface area contributed by atoms with E-state index in [1.165, 1.54) is 16.7 Å². The van der Waals surface area contributed by atoms with Crippen LogP contribution in [0, 0.1) is 0 Å². The molecule has 2 aliphatic rings. The molecule has 158 valence electrons. The van der Waals surface area contributed by atoms with Gasteiger partial charge in [-0.2, -0.15) is 0 Å². The minimum atomic E-state index is -0.976. The fourth-order valence-corrected chi connectivity index (χ4v) is 4.70. The number of ether oxygens (including phenoxy) is 3. The molecule has 0 spiro atoms. The lowest BCUT2D eigenvalue weighted by atomic mass is 9.81. The van der Waals surface area contributed by atoms with Crippen LogP contribution >= 0.6 is 0 Å². The lowest BCUT2D eigenvalue weighted by molar-refractivity contribution is -0.132. The van der Waals surface area contributed by atoms with E-state index in [9.17, 15) is 9.90 Å². The molecular weight excluding hydrogens is 382 g/mol. The van der Waals surface area contributed by atoms with E-state index in [1.807, 2.05) is 6.07 Å². The molecule has 1 atom stereocenters. The van der Waals surface area contributed by atoms with Gasteiger partial charge in [0.05, 0.1) is 21.3 Å². The van der Waals surface area contributed by atoms with E-state index in [1.54, 1.807) is 21.3 Å². The molecule has 0 bridgehead atoms. The number of nitrogens with zero attached hydrogens (tertiary/aromatic N) is 1. The number of rotatable bonds is 6. The average Bonchev–Trinajstić information content (AvgIpc) is 2.76. The molecule has 0 saturated carbocycles. The average molecular weight is 409 g/mol. The Morgan fingerprint density at radius 3 is 2.47 bits per heavy atom. The Bertz CT molecular complexity index is 1010. The molecule has 0 aromatic heterocycles. The maximum absolute atomic E-state index is 11.4. The Morgan fingerprint density at radius 1 is 1.10 bits per heavy atom. The van der Waals surface area contributed by atoms with Gasteiger partial charge in [-0.3, -0.25) is 4.90 Å². The second-order valence-corrected chi connectivity index (χ2v) is 7.82. The molecule has 1 unspecified atom stereocenters. The Labute approximate surface area is 176 Å². The normalized spacial score (nSPS) is 17.4. The molecule has 0 radical (unpaired) electrons. The van der Waals surface area contributed by atoms with Crippen molar-refractivity contribution < 1.29 is 24.1 Å². The number of hydrogen-bond acceptors (Lipinski definition) is 5. The minimum absolute atomic E-state index is 0.171. The van der Waals surface area contributed by atoms with Gasteiger partial charge in [0.1, 0.15) is 5.75 Å². The third-order valence-corrected chi connectivity index (χ3v) is 6.29. The van der Waals surface area contributed by atoms with Crippen LogP contribution < -0.4 is 14.2 Å². The number of hydrogen-bond donors (Lipinski definition) is 1. The molecule has 0 aliphatic carbocycles. The Balaban J connectivity index is 1.74. The standard InChI is InChI=1S/C24H27NO5/c1-14(24(26)27)9-18-19-13-25-8-7-16-11-22(29-3)23(30-4)12-17(16)20(25)10-15(19)5-6-21(18)28-2/h5-6,11-12,20H,1,7-10,13H2,2-4H3,(H,26,27). The topological polar surface area (TPSA) is 68.2 Å². The van der Waals surface area contributed by atoms with Crippen LogP contribution in [-0.4, -0.2) is 43.8 Å². The molecule has 6 nitrogen and oxygen atoms in total. The first kappa shape index (κ1) is 20.3. The van der Waals surface area contributed by atoms with Gasteiger partial charge in [0.15, 0.2) is 11.5 Å². The highest BCUT2D eigenvalue weighted by atomic mass is 16.5. The summed E-state index contributed by atoms with van der Waals surface area (Å²) in [5.41, 5.74) is 6.07. The van der Waals surface area contributed by atoms with Crippen molar-refractivity contribution in [3.05, 3.63) is 64.2 Å². The predicted octanol–water partition coefficient (Wildman–Crippen LogP) is 3.55. The van der Waals surface area contributed by atoms with E-state index in [0.29, 0.717) is 0 Å². The van der Waals surface area contributed by atoms with Gasteiger partial charge in [-0.1, -0.05) is 12.6 Å². The molecule has 30 heavy (non-hydrogen) atoms. The molecule has 2 aliphatic heterocycles. The summed E-state index contributed by atoms with van der Waals surface area (Å²) >= 11 is 0. The first-order valence-electron chi connectivity index (χ1n) is 10.0. The van der Waals surface area contributed by atoms with Crippen LogP contribution in [0.1, 0.15) is 33.9 Å². The monoisotopic (exact) mass is 409 g/mol. The van der Waals surface area contributed by atoms with Crippen LogP contribution in [-0.2, 0) is 30.6 Å². The number of aliphatic carboxylic acids is 1. The van der Waals surface area contributed by atoms with Crippen molar-refractivity contribution >= 4 is 5.97 Å². The van der Waals surface area contributed by atoms with Crippen LogP contribution in [0.4, 0.5) is 0 Å². The molecule has 1 N–H and O–H groups in total. The van der Waals surface area contributed by atoms with Gasteiger partial charge in [0.25, 0.3) is 0 Å². The van der Waals surface area contributed by atoms with Gasteiger partial charge in [-0.05, 0) is 53.3 Å². The van der Waals surface area contributed by atoms with Crippen molar-refractivity contribution in [3.8, 4) is 17.2 Å². The van der Waals surface area contributed by atoms with Crippen molar-refractivity contribution in [2.75, 3.05) is 27.9 Å². The van der Waals surface area contributed by atoms with Gasteiger partial charge >= 0.3 is 5.97 Å². The maximum atomic E-state index is 11.4. The molecule has 2 heterocycles. The number of methoxy groups -OCH3 is 3. The quantitative estimate of drug-likeness (QED) is 0.736. The van der Waals surface area contributed by atoms with Crippen LogP contribution in [0.15, 0.2) is 36.4 Å². The second-order valence-electron chi connectivity index (χ2n) is 7.82. The first-order valence-corrected chi connectivity index (χ1v) is 10.0. The molecule has 0 fully saturated rings. The van der Waals surface area contributed by atoms with Crippen LogP contribution in [0.25, 0.3) is 0 Å². The molecule has 2 aromatic carbocycles. The molecular formula is C24H27NO5. The summed E-state index contributed by atoms with van der Waals surface area (Å²) in [4.78, 5) is 13.8. The van der Waals surface area contributed by atoms with Crippen molar-refractivity contribution in [1.82, 2.24) is 4.90 Å². The second kappa shape index (κ2) is 8.03. The molecule has 0 amide bonds. The third-order valence-electron chi connectivity index (χ3n) is 6.29. The fourth-order valence-electron chi connectivity index (χ4n) is 4.70. The number of carbonyl (C=O) groups is 1. The van der Waals surface area contributed by atoms with Crippen molar-refractivity contribution in [3.63, 3.8) is 0 Å². The highest BCUT2D eigenvalue weighted by molar-refractivity contribution is 5.86. The summed E-state index contributed by atoms with van der Waals surface area (Å²) in [6.45, 7) is 5.42. The highest BCUT2D eigenvalue weighted by Gasteiger charge is 2.34. The zero-order valence-electron chi connectivity index (χ0n) is 17.7. The molecule has 4 rings (SSSR count). The van der Waals surface area contributed by atoms with E-state index in [2.05, 4.69) is 29.7 Å². The zero-order valence-corrected chi connectivity index (χ0v) is 17.7. The Hall–Kier alpha value is -2.99. The number of fused-ring (bicyclic) bond motifs is 4. The van der Waals surface area contributed by atoms with E-state index < -0.39 is 5.97 Å². The van der Waals surface area contributed by atoms with Crippen molar-refractivity contribution in [1.29, 1.82) is 0 Å². The van der Waals surface area contributed by atoms with Crippen LogP contribution in [0.2, 0.25) is 0 Å². The van der Waals surface area contributed by atoms with Gasteiger partial charge < -0.3 is 19.3 Å². The summed E-state index contributed by atoms with van der Waals surface area (Å²) in [5, 5.41) is 9.33. The summed E-state index contributed by atoms with van der Waals surface area (Å²) in [6.07, 6.45) is 2.07. The van der Waals surface area contributed by atoms with Crippen LogP contribution in [0.3, 0.4) is 0 Å². The van der Waals surface area contributed by atoms with E-state index in [4.69, 9.17) is 14.2 Å². The summed E-state index contributed by atoms with van der Waals surface area (Å²) in [7, 11) is 4.95. The van der Waals surface area contributed by atoms with Gasteiger partial charge in [0, 0.05) is 36.7 Å². The minimum Gasteiger partial charge on any atom is -0.496 e. The predicted molar refractivity (Wildman–Crippen MR) is 114 cm³/mol. The Morgan fingerprint density at radius 2 is 1.80 bits per heavy atom. The number of benzene rings is 2. The van der Waals surface area contributed by atoms with E-state index >= 15 is 0 Å². The van der Waals surface area contributed by atoms with Crippen molar-refractivity contribution in [2.24, 2.45) is 0 Å². The smallest absolute Gasteiger partial charge is 0.331 e. The third kappa shape index (κ3) is 3.41. The van der Waals surface area contributed by atoms with Gasteiger partial charge in [-0.15, -0.1) is 0 Å². The lowest BCUT2D eigenvalue weighted by Gasteiger charge is -2.42. The van der Waals surface area contributed by atoms with E-state index in [-0.39, 0.29) is 18.0 Å². The first-order chi connectivity index (χ1) is 14.5. The van der Waals surface area contributed by atoms with Gasteiger partial charge in [-0.25, -0.2) is 4.79 Å². The van der Waals surface area contributed by atoms with Gasteiger partial charge in [0.2, 0.25) is 0 Å². The Kier molecular flexibility index (Phi) is 5.43. The van der Waals surface area contributed by atoms with E-state index in [0.717, 1.165) is 54.3 Å². The molecule has 6 heteroatoms. The largest absolute Gasteiger partial charge is 0.496 e. The molecule has 0 saturated heterocycles. The number of carboxylic acids is 1. The number of carboxylic acid groups (broad SMARTS) is 1. The lowest BCUT2D eigenvalue weighted by Crippen LogP contribution is -2.39. The maximum Gasteiger partial charge on any atom is 0.331 e. The fraction of sp³-hybridized carbons (Fsp3) is 0.375. The summed E-state index contributed by atoms with van der Waals surface area (Å²) in [5.74, 6) is 1.26. The SMILES string of the molecule is C=C(Cc1c(OC)ccc2c1CN1CCc3cc(OC)c(OC)cc3C1C2)C(=O)O.